The van der Waals surface area contributed by atoms with Crippen molar-refractivity contribution in [3.05, 3.63) is 0 Å². The zero-order chi connectivity index (χ0) is 7.98. The van der Waals surface area contributed by atoms with Gasteiger partial charge in [-0.3, -0.25) is 0 Å². The van der Waals surface area contributed by atoms with Crippen LogP contribution in [-0.4, -0.2) is 30.7 Å². The molecule has 0 heterocycles. The molecule has 0 amide bonds. The van der Waals surface area contributed by atoms with Gasteiger partial charge in [-0.05, 0) is 20.8 Å². The molecule has 1 unspecified atom stereocenters. The van der Waals surface area contributed by atoms with Crippen LogP contribution in [0.3, 0.4) is 0 Å². The van der Waals surface area contributed by atoms with Crippen LogP contribution < -0.4 is 0 Å². The minimum absolute atomic E-state index is 0.0513. The minimum atomic E-state index is -0.778. The molecular weight excluding hydrogens is 132 g/mol. The number of ether oxygens (including phenoxy) is 2. The quantitative estimate of drug-likeness (QED) is 0.585. The molecule has 3 heteroatoms. The first-order valence-electron chi connectivity index (χ1n) is 3.58. The maximum Gasteiger partial charge on any atom is 0.178 e. The fourth-order valence-corrected chi connectivity index (χ4v) is 0.572. The van der Waals surface area contributed by atoms with E-state index in [9.17, 15) is 0 Å². The zero-order valence-electron chi connectivity index (χ0n) is 6.83. The SMILES string of the molecule is CCOCC(O)OC(C)C. The first-order chi connectivity index (χ1) is 4.66. The van der Waals surface area contributed by atoms with Gasteiger partial charge in [-0.1, -0.05) is 0 Å². The molecule has 0 aromatic carbocycles. The Hall–Kier alpha value is -0.120. The Balaban J connectivity index is 3.16. The number of aliphatic hydroxyl groups excluding tert-OH is 1. The molecule has 0 bridgehead atoms. The highest BCUT2D eigenvalue weighted by molar-refractivity contribution is 4.41. The summed E-state index contributed by atoms with van der Waals surface area (Å²) >= 11 is 0. The Labute approximate surface area is 62.0 Å². The third-order valence-corrected chi connectivity index (χ3v) is 0.894. The molecule has 10 heavy (non-hydrogen) atoms. The molecule has 0 saturated heterocycles. The first-order valence-corrected chi connectivity index (χ1v) is 3.58. The molecule has 0 radical (unpaired) electrons. The average molecular weight is 148 g/mol. The van der Waals surface area contributed by atoms with Gasteiger partial charge in [0.15, 0.2) is 6.29 Å². The second kappa shape index (κ2) is 5.65. The average Bonchev–Trinajstić information content (AvgIpc) is 1.82. The second-order valence-electron chi connectivity index (χ2n) is 2.30. The molecule has 3 nitrogen and oxygen atoms in total. The molecule has 1 N–H and O–H groups in total. The molecular formula is C7H16O3. The maximum absolute atomic E-state index is 9.00. The van der Waals surface area contributed by atoms with E-state index in [-0.39, 0.29) is 12.7 Å². The van der Waals surface area contributed by atoms with Gasteiger partial charge in [0.1, 0.15) is 0 Å². The summed E-state index contributed by atoms with van der Waals surface area (Å²) < 4.78 is 9.90. The smallest absolute Gasteiger partial charge is 0.178 e. The van der Waals surface area contributed by atoms with Gasteiger partial charge in [0.25, 0.3) is 0 Å². The Kier molecular flexibility index (Phi) is 5.58. The fourth-order valence-electron chi connectivity index (χ4n) is 0.572. The normalized spacial score (nSPS) is 14.1. The van der Waals surface area contributed by atoms with E-state index >= 15 is 0 Å². The van der Waals surface area contributed by atoms with E-state index < -0.39 is 6.29 Å². The van der Waals surface area contributed by atoms with Crippen LogP contribution in [0.2, 0.25) is 0 Å². The standard InChI is InChI=1S/C7H16O3/c1-4-9-5-7(8)10-6(2)3/h6-8H,4-5H2,1-3H3. The van der Waals surface area contributed by atoms with Crippen molar-refractivity contribution in [1.29, 1.82) is 0 Å². The van der Waals surface area contributed by atoms with Crippen LogP contribution in [0.25, 0.3) is 0 Å². The van der Waals surface area contributed by atoms with E-state index in [1.807, 2.05) is 20.8 Å². The van der Waals surface area contributed by atoms with Crippen molar-refractivity contribution >= 4 is 0 Å². The molecule has 0 rings (SSSR count). The predicted molar refractivity (Wildman–Crippen MR) is 38.7 cm³/mol. The van der Waals surface area contributed by atoms with Crippen LogP contribution in [0.4, 0.5) is 0 Å². The lowest BCUT2D eigenvalue weighted by molar-refractivity contribution is -0.156. The highest BCUT2D eigenvalue weighted by Crippen LogP contribution is 1.94. The van der Waals surface area contributed by atoms with E-state index in [2.05, 4.69) is 0 Å². The van der Waals surface area contributed by atoms with Crippen molar-refractivity contribution in [2.75, 3.05) is 13.2 Å². The van der Waals surface area contributed by atoms with Crippen molar-refractivity contribution < 1.29 is 14.6 Å². The Bertz CT molecular complexity index is 73.3. The van der Waals surface area contributed by atoms with Gasteiger partial charge in [0.05, 0.1) is 12.7 Å². The number of aliphatic hydroxyl groups is 1. The van der Waals surface area contributed by atoms with Gasteiger partial charge >= 0.3 is 0 Å². The summed E-state index contributed by atoms with van der Waals surface area (Å²) in [6.45, 7) is 6.49. The van der Waals surface area contributed by atoms with Gasteiger partial charge in [-0.25, -0.2) is 0 Å². The minimum Gasteiger partial charge on any atom is -0.376 e. The molecule has 0 aliphatic rings. The van der Waals surface area contributed by atoms with E-state index in [1.165, 1.54) is 0 Å². The van der Waals surface area contributed by atoms with Crippen LogP contribution in [0.15, 0.2) is 0 Å². The van der Waals surface area contributed by atoms with E-state index in [0.29, 0.717) is 6.61 Å². The van der Waals surface area contributed by atoms with Crippen LogP contribution in [0, 0.1) is 0 Å². The number of hydrogen-bond donors (Lipinski definition) is 1. The first kappa shape index (κ1) is 9.88. The van der Waals surface area contributed by atoms with E-state index in [0.717, 1.165) is 0 Å². The summed E-state index contributed by atoms with van der Waals surface area (Å²) in [7, 11) is 0. The lowest BCUT2D eigenvalue weighted by atomic mass is 10.5. The van der Waals surface area contributed by atoms with Crippen molar-refractivity contribution in [3.63, 3.8) is 0 Å². The number of hydrogen-bond acceptors (Lipinski definition) is 3. The summed E-state index contributed by atoms with van der Waals surface area (Å²) in [5.74, 6) is 0. The molecule has 0 saturated carbocycles. The van der Waals surface area contributed by atoms with Crippen molar-refractivity contribution in [3.8, 4) is 0 Å². The van der Waals surface area contributed by atoms with Crippen LogP contribution in [0.5, 0.6) is 0 Å². The van der Waals surface area contributed by atoms with Gasteiger partial charge in [-0.15, -0.1) is 0 Å². The largest absolute Gasteiger partial charge is 0.376 e. The zero-order valence-corrected chi connectivity index (χ0v) is 6.83. The summed E-state index contributed by atoms with van der Waals surface area (Å²) in [6.07, 6.45) is -0.726. The molecule has 0 fully saturated rings. The summed E-state index contributed by atoms with van der Waals surface area (Å²) in [5, 5.41) is 9.00. The van der Waals surface area contributed by atoms with Crippen molar-refractivity contribution in [2.24, 2.45) is 0 Å². The Morgan fingerprint density at radius 1 is 1.40 bits per heavy atom. The second-order valence-corrected chi connectivity index (χ2v) is 2.30. The highest BCUT2D eigenvalue weighted by atomic mass is 16.6. The monoisotopic (exact) mass is 148 g/mol. The lowest BCUT2D eigenvalue weighted by Gasteiger charge is -2.13. The molecule has 0 aliphatic heterocycles. The molecule has 0 aromatic rings. The highest BCUT2D eigenvalue weighted by Gasteiger charge is 2.04. The molecule has 0 aromatic heterocycles. The van der Waals surface area contributed by atoms with Crippen LogP contribution in [0.1, 0.15) is 20.8 Å². The predicted octanol–water partition coefficient (Wildman–Crippen LogP) is 0.766. The van der Waals surface area contributed by atoms with Crippen molar-refractivity contribution in [1.82, 2.24) is 0 Å². The van der Waals surface area contributed by atoms with Crippen molar-refractivity contribution in [2.45, 2.75) is 33.2 Å². The Morgan fingerprint density at radius 3 is 2.40 bits per heavy atom. The van der Waals surface area contributed by atoms with Gasteiger partial charge in [0, 0.05) is 6.61 Å². The molecule has 62 valence electrons. The molecule has 1 atom stereocenters. The Morgan fingerprint density at radius 2 is 2.00 bits per heavy atom. The third kappa shape index (κ3) is 6.01. The summed E-state index contributed by atoms with van der Waals surface area (Å²) in [6, 6.07) is 0. The van der Waals surface area contributed by atoms with E-state index in [1.54, 1.807) is 0 Å². The summed E-state index contributed by atoms with van der Waals surface area (Å²) in [5.41, 5.74) is 0. The summed E-state index contributed by atoms with van der Waals surface area (Å²) in [4.78, 5) is 0. The lowest BCUT2D eigenvalue weighted by Crippen LogP contribution is -2.22. The number of rotatable bonds is 5. The van der Waals surface area contributed by atoms with Gasteiger partial charge in [0.2, 0.25) is 0 Å². The van der Waals surface area contributed by atoms with Crippen LogP contribution in [-0.2, 0) is 9.47 Å². The topological polar surface area (TPSA) is 38.7 Å². The third-order valence-electron chi connectivity index (χ3n) is 0.894. The fraction of sp³-hybridized carbons (Fsp3) is 1.00. The van der Waals surface area contributed by atoms with Crippen LogP contribution >= 0.6 is 0 Å². The van der Waals surface area contributed by atoms with E-state index in [4.69, 9.17) is 14.6 Å². The van der Waals surface area contributed by atoms with Gasteiger partial charge in [-0.2, -0.15) is 0 Å². The van der Waals surface area contributed by atoms with Gasteiger partial charge < -0.3 is 14.6 Å². The molecule has 0 aliphatic carbocycles. The maximum atomic E-state index is 9.00. The molecule has 0 spiro atoms.